The summed E-state index contributed by atoms with van der Waals surface area (Å²) in [6, 6.07) is 10.8. The van der Waals surface area contributed by atoms with Crippen LogP contribution in [0.25, 0.3) is 11.0 Å². The molecule has 2 N–H and O–H groups in total. The summed E-state index contributed by atoms with van der Waals surface area (Å²) in [6.45, 7) is 5.37. The van der Waals surface area contributed by atoms with Crippen LogP contribution in [-0.4, -0.2) is 10.8 Å². The van der Waals surface area contributed by atoms with Crippen LogP contribution < -0.4 is 11.1 Å². The molecule has 0 spiro atoms. The van der Waals surface area contributed by atoms with Gasteiger partial charge >= 0.3 is 5.63 Å². The molecule has 0 aliphatic carbocycles. The number of phenolic OH excluding ortho intramolecular Hbond substituents is 1. The number of hydrazone groups is 1. The summed E-state index contributed by atoms with van der Waals surface area (Å²) < 4.78 is 6.24. The molecule has 0 radical (unpaired) electrons. The maximum Gasteiger partial charge on any atom is 0.336 e. The molecule has 0 saturated carbocycles. The number of nitrogens with zero attached hydrogens (tertiary/aromatic N) is 1. The van der Waals surface area contributed by atoms with Crippen molar-refractivity contribution in [2.45, 2.75) is 20.8 Å². The van der Waals surface area contributed by atoms with E-state index in [1.54, 1.807) is 19.9 Å². The van der Waals surface area contributed by atoms with E-state index in [1.807, 2.05) is 31.2 Å². The van der Waals surface area contributed by atoms with Gasteiger partial charge in [0.05, 0.1) is 11.4 Å². The highest BCUT2D eigenvalue weighted by Crippen LogP contribution is 2.32. The van der Waals surface area contributed by atoms with E-state index in [0.29, 0.717) is 22.4 Å². The second-order valence-electron chi connectivity index (χ2n) is 5.84. The Balaban J connectivity index is 2.05. The maximum absolute atomic E-state index is 11.6. The molecule has 0 aliphatic rings. The Morgan fingerprint density at radius 1 is 1.20 bits per heavy atom. The first-order chi connectivity index (χ1) is 11.9. The van der Waals surface area contributed by atoms with Crippen LogP contribution in [0, 0.1) is 13.8 Å². The van der Waals surface area contributed by atoms with E-state index in [-0.39, 0.29) is 5.75 Å². The minimum Gasteiger partial charge on any atom is -0.507 e. The number of aromatic hydroxyl groups is 1. The Hall–Kier alpha value is -2.60. The average Bonchev–Trinajstić information content (AvgIpc) is 2.57. The number of fused-ring (bicyclic) bond motifs is 1. The Morgan fingerprint density at radius 2 is 1.88 bits per heavy atom. The third-order valence-corrected chi connectivity index (χ3v) is 4.56. The van der Waals surface area contributed by atoms with E-state index in [1.165, 1.54) is 6.07 Å². The van der Waals surface area contributed by atoms with Crippen LogP contribution in [-0.2, 0) is 0 Å². The van der Waals surface area contributed by atoms with E-state index in [4.69, 9.17) is 4.42 Å². The first-order valence-corrected chi connectivity index (χ1v) is 8.49. The number of phenols is 1. The lowest BCUT2D eigenvalue weighted by Crippen LogP contribution is -2.04. The van der Waals surface area contributed by atoms with Gasteiger partial charge in [-0.25, -0.2) is 4.79 Å². The highest BCUT2D eigenvalue weighted by molar-refractivity contribution is 9.10. The summed E-state index contributed by atoms with van der Waals surface area (Å²) >= 11 is 3.39. The molecule has 0 saturated heterocycles. The third kappa shape index (κ3) is 3.44. The summed E-state index contributed by atoms with van der Waals surface area (Å²) in [5.41, 5.74) is 6.31. The zero-order chi connectivity index (χ0) is 18.1. The minimum atomic E-state index is -0.428. The van der Waals surface area contributed by atoms with Crippen molar-refractivity contribution in [1.82, 2.24) is 0 Å². The molecule has 0 atom stereocenters. The Labute approximate surface area is 153 Å². The van der Waals surface area contributed by atoms with Gasteiger partial charge in [-0.3, -0.25) is 5.43 Å². The van der Waals surface area contributed by atoms with E-state index in [9.17, 15) is 9.90 Å². The summed E-state index contributed by atoms with van der Waals surface area (Å²) in [6.07, 6.45) is 0. The first kappa shape index (κ1) is 17.2. The van der Waals surface area contributed by atoms with Crippen molar-refractivity contribution in [3.63, 3.8) is 0 Å². The van der Waals surface area contributed by atoms with Gasteiger partial charge in [-0.2, -0.15) is 5.10 Å². The molecule has 1 aromatic heterocycles. The molecule has 3 rings (SSSR count). The topological polar surface area (TPSA) is 74.8 Å². The van der Waals surface area contributed by atoms with Gasteiger partial charge in [0.15, 0.2) is 0 Å². The summed E-state index contributed by atoms with van der Waals surface area (Å²) in [5.74, 6) is 0.0557. The van der Waals surface area contributed by atoms with Crippen LogP contribution in [0.5, 0.6) is 5.75 Å². The van der Waals surface area contributed by atoms with Crippen molar-refractivity contribution in [3.05, 3.63) is 68.0 Å². The largest absolute Gasteiger partial charge is 0.507 e. The minimum absolute atomic E-state index is 0.0557. The Kier molecular flexibility index (Phi) is 4.63. The summed E-state index contributed by atoms with van der Waals surface area (Å²) in [4.78, 5) is 11.6. The number of nitrogens with one attached hydrogen (secondary N) is 1. The lowest BCUT2D eigenvalue weighted by molar-refractivity contribution is 0.467. The van der Waals surface area contributed by atoms with Gasteiger partial charge < -0.3 is 9.52 Å². The molecule has 6 heteroatoms. The van der Waals surface area contributed by atoms with Crippen LogP contribution in [0.1, 0.15) is 23.6 Å². The van der Waals surface area contributed by atoms with Gasteiger partial charge in [0, 0.05) is 27.1 Å². The van der Waals surface area contributed by atoms with Crippen molar-refractivity contribution in [1.29, 1.82) is 0 Å². The number of hydrogen-bond donors (Lipinski definition) is 2. The zero-order valence-electron chi connectivity index (χ0n) is 14.1. The van der Waals surface area contributed by atoms with E-state index < -0.39 is 5.63 Å². The molecule has 0 fully saturated rings. The molecule has 0 amide bonds. The monoisotopic (exact) mass is 400 g/mol. The summed E-state index contributed by atoms with van der Waals surface area (Å²) in [5, 5.41) is 15.6. The number of halogens is 1. The van der Waals surface area contributed by atoms with Crippen LogP contribution in [0.2, 0.25) is 0 Å². The molecular formula is C19H17BrN2O3. The molecule has 3 aromatic rings. The third-order valence-electron chi connectivity index (χ3n) is 4.03. The smallest absolute Gasteiger partial charge is 0.336 e. The van der Waals surface area contributed by atoms with Crippen molar-refractivity contribution in [2.24, 2.45) is 5.10 Å². The van der Waals surface area contributed by atoms with Crippen LogP contribution in [0.15, 0.2) is 55.2 Å². The van der Waals surface area contributed by atoms with Crippen LogP contribution in [0.4, 0.5) is 5.69 Å². The Morgan fingerprint density at radius 3 is 2.56 bits per heavy atom. The molecule has 2 aromatic carbocycles. The highest BCUT2D eigenvalue weighted by Gasteiger charge is 2.15. The molecule has 0 bridgehead atoms. The number of anilines is 1. The second-order valence-corrected chi connectivity index (χ2v) is 6.75. The van der Waals surface area contributed by atoms with Gasteiger partial charge in [0.1, 0.15) is 11.3 Å². The standard InChI is InChI=1S/C19H17BrN2O3/c1-10-8-17(23)25-19-11(2)18(24)16(9-15(10)19)12(3)21-22-14-6-4-13(20)5-7-14/h4-9,22,24H,1-3H3/b21-12-. The van der Waals surface area contributed by atoms with Crippen molar-refractivity contribution in [3.8, 4) is 5.75 Å². The number of rotatable bonds is 3. The zero-order valence-corrected chi connectivity index (χ0v) is 15.6. The fourth-order valence-corrected chi connectivity index (χ4v) is 2.87. The predicted octanol–water partition coefficient (Wildman–Crippen LogP) is 4.71. The molecule has 1 heterocycles. The van der Waals surface area contributed by atoms with Crippen molar-refractivity contribution >= 4 is 38.3 Å². The average molecular weight is 401 g/mol. The predicted molar refractivity (Wildman–Crippen MR) is 104 cm³/mol. The normalized spacial score (nSPS) is 11.8. The van der Waals surface area contributed by atoms with Crippen molar-refractivity contribution < 1.29 is 9.52 Å². The van der Waals surface area contributed by atoms with Gasteiger partial charge in [-0.1, -0.05) is 15.9 Å². The second kappa shape index (κ2) is 6.72. The first-order valence-electron chi connectivity index (χ1n) is 7.70. The number of aryl methyl sites for hydroxylation is 2. The summed E-state index contributed by atoms with van der Waals surface area (Å²) in [7, 11) is 0. The van der Waals surface area contributed by atoms with Crippen molar-refractivity contribution in [2.75, 3.05) is 5.43 Å². The Bertz CT molecular complexity index is 1040. The maximum atomic E-state index is 11.6. The van der Waals surface area contributed by atoms with Crippen LogP contribution in [0.3, 0.4) is 0 Å². The highest BCUT2D eigenvalue weighted by atomic mass is 79.9. The molecule has 25 heavy (non-hydrogen) atoms. The van der Waals surface area contributed by atoms with Gasteiger partial charge in [-0.05, 0) is 56.7 Å². The van der Waals surface area contributed by atoms with E-state index >= 15 is 0 Å². The molecule has 5 nitrogen and oxygen atoms in total. The van der Waals surface area contributed by atoms with E-state index in [0.717, 1.165) is 21.1 Å². The molecule has 128 valence electrons. The van der Waals surface area contributed by atoms with E-state index in [2.05, 4.69) is 26.5 Å². The van der Waals surface area contributed by atoms with Gasteiger partial charge in [0.2, 0.25) is 0 Å². The molecular weight excluding hydrogens is 384 g/mol. The molecule has 0 aliphatic heterocycles. The quantitative estimate of drug-likeness (QED) is 0.379. The number of benzene rings is 2. The lowest BCUT2D eigenvalue weighted by Gasteiger charge is -2.11. The number of hydrogen-bond acceptors (Lipinski definition) is 5. The molecule has 0 unspecified atom stereocenters. The fraction of sp³-hybridized carbons (Fsp3) is 0.158. The van der Waals surface area contributed by atoms with Gasteiger partial charge in [-0.15, -0.1) is 0 Å². The van der Waals surface area contributed by atoms with Crippen LogP contribution >= 0.6 is 15.9 Å². The lowest BCUT2D eigenvalue weighted by atomic mass is 10.00. The SMILES string of the molecule is C/C(=N/Nc1ccc(Br)cc1)c1cc2c(C)cc(=O)oc2c(C)c1O. The fourth-order valence-electron chi connectivity index (χ4n) is 2.61. The van der Waals surface area contributed by atoms with Gasteiger partial charge in [0.25, 0.3) is 0 Å².